The highest BCUT2D eigenvalue weighted by Crippen LogP contribution is 2.31. The summed E-state index contributed by atoms with van der Waals surface area (Å²) < 4.78 is 13.1. The van der Waals surface area contributed by atoms with Crippen molar-refractivity contribution in [3.8, 4) is 0 Å². The second-order valence-electron chi connectivity index (χ2n) is 6.19. The van der Waals surface area contributed by atoms with Gasteiger partial charge >= 0.3 is 0 Å². The highest BCUT2D eigenvalue weighted by molar-refractivity contribution is 6.08. The van der Waals surface area contributed by atoms with Crippen molar-refractivity contribution in [2.45, 2.75) is 6.54 Å². The highest BCUT2D eigenvalue weighted by Gasteiger charge is 2.37. The molecule has 0 aromatic heterocycles. The van der Waals surface area contributed by atoms with Crippen LogP contribution in [0.5, 0.6) is 0 Å². The van der Waals surface area contributed by atoms with Crippen molar-refractivity contribution in [1.82, 2.24) is 5.01 Å². The Balaban J connectivity index is 1.72. The lowest BCUT2D eigenvalue weighted by Crippen LogP contribution is -2.43. The van der Waals surface area contributed by atoms with Crippen LogP contribution in [0.2, 0.25) is 0 Å². The molecular weight excluding hydrogens is 315 g/mol. The maximum Gasteiger partial charge on any atom is 0.250 e. The van der Waals surface area contributed by atoms with Gasteiger partial charge in [0.2, 0.25) is 0 Å². The molecule has 2 aromatic rings. The molecule has 25 heavy (non-hydrogen) atoms. The smallest absolute Gasteiger partial charge is 0.250 e. The van der Waals surface area contributed by atoms with Crippen LogP contribution in [0.15, 0.2) is 84.0 Å². The molecule has 1 amide bonds. The van der Waals surface area contributed by atoms with E-state index in [4.69, 9.17) is 0 Å². The first-order valence-electron chi connectivity index (χ1n) is 8.27. The van der Waals surface area contributed by atoms with Crippen molar-refractivity contribution in [1.29, 1.82) is 0 Å². The predicted octanol–water partition coefficient (Wildman–Crippen LogP) is 3.93. The summed E-state index contributed by atoms with van der Waals surface area (Å²) in [7, 11) is 0. The molecule has 0 spiro atoms. The topological polar surface area (TPSA) is 32.7 Å². The van der Waals surface area contributed by atoms with E-state index in [1.165, 1.54) is 17.1 Å². The van der Waals surface area contributed by atoms with Gasteiger partial charge in [-0.05, 0) is 23.3 Å². The number of hydrazone groups is 1. The number of rotatable bonds is 3. The SMILES string of the molecule is O=C1[C@H]2C=CC=C[C@H]2C(c2ccccc2)=NN1Cc1ccc(F)cc1. The monoisotopic (exact) mass is 332 g/mol. The minimum atomic E-state index is -0.289. The Morgan fingerprint density at radius 2 is 1.60 bits per heavy atom. The number of fused-ring (bicyclic) bond motifs is 1. The lowest BCUT2D eigenvalue weighted by Gasteiger charge is -2.34. The number of hydrogen-bond donors (Lipinski definition) is 0. The molecule has 0 bridgehead atoms. The molecule has 1 heterocycles. The van der Waals surface area contributed by atoms with Crippen LogP contribution >= 0.6 is 0 Å². The maximum atomic E-state index is 13.1. The van der Waals surface area contributed by atoms with Gasteiger partial charge in [0, 0.05) is 5.92 Å². The summed E-state index contributed by atoms with van der Waals surface area (Å²) in [4.78, 5) is 12.9. The van der Waals surface area contributed by atoms with E-state index in [2.05, 4.69) is 5.10 Å². The Labute approximate surface area is 145 Å². The lowest BCUT2D eigenvalue weighted by atomic mass is 9.80. The zero-order valence-corrected chi connectivity index (χ0v) is 13.5. The number of carbonyl (C=O) groups is 1. The van der Waals surface area contributed by atoms with E-state index in [9.17, 15) is 9.18 Å². The number of carbonyl (C=O) groups excluding carboxylic acids is 1. The van der Waals surface area contributed by atoms with Gasteiger partial charge in [-0.15, -0.1) is 0 Å². The number of halogens is 1. The van der Waals surface area contributed by atoms with Crippen LogP contribution < -0.4 is 0 Å². The first-order chi connectivity index (χ1) is 12.2. The summed E-state index contributed by atoms with van der Waals surface area (Å²) in [5, 5.41) is 6.16. The Morgan fingerprint density at radius 1 is 0.920 bits per heavy atom. The van der Waals surface area contributed by atoms with E-state index >= 15 is 0 Å². The van der Waals surface area contributed by atoms with E-state index < -0.39 is 0 Å². The quantitative estimate of drug-likeness (QED) is 0.838. The van der Waals surface area contributed by atoms with Crippen LogP contribution in [0.3, 0.4) is 0 Å². The fourth-order valence-electron chi connectivity index (χ4n) is 3.26. The van der Waals surface area contributed by atoms with Gasteiger partial charge in [-0.1, -0.05) is 66.8 Å². The van der Waals surface area contributed by atoms with Gasteiger partial charge in [-0.25, -0.2) is 9.40 Å². The molecule has 0 radical (unpaired) electrons. The molecule has 1 aliphatic carbocycles. The molecule has 1 aliphatic heterocycles. The molecule has 4 rings (SSSR count). The number of amides is 1. The van der Waals surface area contributed by atoms with E-state index in [0.29, 0.717) is 6.54 Å². The van der Waals surface area contributed by atoms with Crippen LogP contribution in [-0.4, -0.2) is 16.6 Å². The largest absolute Gasteiger partial charge is 0.272 e. The van der Waals surface area contributed by atoms with E-state index in [-0.39, 0.29) is 23.6 Å². The fraction of sp³-hybridized carbons (Fsp3) is 0.143. The second kappa shape index (κ2) is 6.48. The molecule has 0 fully saturated rings. The van der Waals surface area contributed by atoms with Crippen LogP contribution in [0.4, 0.5) is 4.39 Å². The van der Waals surface area contributed by atoms with Gasteiger partial charge in [0.25, 0.3) is 5.91 Å². The summed E-state index contributed by atoms with van der Waals surface area (Å²) >= 11 is 0. The molecule has 2 atom stereocenters. The summed E-state index contributed by atoms with van der Waals surface area (Å²) in [6.07, 6.45) is 7.83. The van der Waals surface area contributed by atoms with E-state index in [1.807, 2.05) is 54.6 Å². The number of nitrogens with zero attached hydrogens (tertiary/aromatic N) is 2. The van der Waals surface area contributed by atoms with Crippen molar-refractivity contribution < 1.29 is 9.18 Å². The summed E-state index contributed by atoms with van der Waals surface area (Å²) in [5.41, 5.74) is 2.74. The molecule has 0 unspecified atom stereocenters. The van der Waals surface area contributed by atoms with Gasteiger partial charge < -0.3 is 0 Å². The maximum absolute atomic E-state index is 13.1. The van der Waals surface area contributed by atoms with Gasteiger partial charge in [0.1, 0.15) is 5.82 Å². The highest BCUT2D eigenvalue weighted by atomic mass is 19.1. The predicted molar refractivity (Wildman–Crippen MR) is 95.2 cm³/mol. The summed E-state index contributed by atoms with van der Waals surface area (Å²) in [6.45, 7) is 0.330. The van der Waals surface area contributed by atoms with Crippen molar-refractivity contribution in [2.75, 3.05) is 0 Å². The summed E-state index contributed by atoms with van der Waals surface area (Å²) in [5.74, 6) is -0.625. The van der Waals surface area contributed by atoms with Gasteiger partial charge in [-0.3, -0.25) is 4.79 Å². The van der Waals surface area contributed by atoms with Gasteiger partial charge in [0.05, 0.1) is 18.2 Å². The zero-order chi connectivity index (χ0) is 17.2. The van der Waals surface area contributed by atoms with E-state index in [0.717, 1.165) is 16.8 Å². The normalized spacial score (nSPS) is 21.9. The third-order valence-electron chi connectivity index (χ3n) is 4.53. The molecule has 0 saturated heterocycles. The van der Waals surface area contributed by atoms with Crippen LogP contribution in [0, 0.1) is 17.7 Å². The first kappa shape index (κ1) is 15.5. The minimum Gasteiger partial charge on any atom is -0.272 e. The average Bonchev–Trinajstić information content (AvgIpc) is 2.66. The van der Waals surface area contributed by atoms with Gasteiger partial charge in [0.15, 0.2) is 0 Å². The van der Waals surface area contributed by atoms with Gasteiger partial charge in [-0.2, -0.15) is 5.10 Å². The molecule has 0 saturated carbocycles. The average molecular weight is 332 g/mol. The first-order valence-corrected chi connectivity index (χ1v) is 8.27. The molecular formula is C21H17FN2O. The molecule has 124 valence electrons. The van der Waals surface area contributed by atoms with Crippen LogP contribution in [0.1, 0.15) is 11.1 Å². The van der Waals surface area contributed by atoms with Crippen molar-refractivity contribution >= 4 is 11.6 Å². The second-order valence-corrected chi connectivity index (χ2v) is 6.19. The zero-order valence-electron chi connectivity index (χ0n) is 13.5. The Morgan fingerprint density at radius 3 is 2.32 bits per heavy atom. The standard InChI is InChI=1S/C21H17FN2O/c22-17-12-10-15(11-13-17)14-24-21(25)19-9-5-4-8-18(19)20(23-24)16-6-2-1-3-7-16/h1-13,18-19H,14H2/t18-,19+/m1/s1. The molecule has 2 aromatic carbocycles. The Bertz CT molecular complexity index is 869. The van der Waals surface area contributed by atoms with E-state index in [1.54, 1.807) is 12.1 Å². The van der Waals surface area contributed by atoms with Crippen molar-refractivity contribution in [2.24, 2.45) is 16.9 Å². The Kier molecular flexibility index (Phi) is 4.02. The van der Waals surface area contributed by atoms with Crippen molar-refractivity contribution in [3.63, 3.8) is 0 Å². The number of benzene rings is 2. The molecule has 0 N–H and O–H groups in total. The lowest BCUT2D eigenvalue weighted by molar-refractivity contribution is -0.136. The molecule has 2 aliphatic rings. The van der Waals surface area contributed by atoms with Crippen LogP contribution in [0.25, 0.3) is 0 Å². The third-order valence-corrected chi connectivity index (χ3v) is 4.53. The van der Waals surface area contributed by atoms with Crippen molar-refractivity contribution in [3.05, 3.63) is 95.8 Å². The number of hydrogen-bond acceptors (Lipinski definition) is 2. The number of allylic oxidation sites excluding steroid dienone is 3. The van der Waals surface area contributed by atoms with Crippen LogP contribution in [-0.2, 0) is 11.3 Å². The molecule has 3 nitrogen and oxygen atoms in total. The minimum absolute atomic E-state index is 0.0328. The third kappa shape index (κ3) is 3.03. The fourth-order valence-corrected chi connectivity index (χ4v) is 3.26. The molecule has 4 heteroatoms. The summed E-state index contributed by atoms with van der Waals surface area (Å²) in [6, 6.07) is 16.1. The Hall–Kier alpha value is -3.01.